The van der Waals surface area contributed by atoms with Crippen LogP contribution in [-0.4, -0.2) is 27.8 Å². The molecular formula is C17H16N4O2. The molecule has 6 nitrogen and oxygen atoms in total. The Labute approximate surface area is 133 Å². The molecule has 0 unspecified atom stereocenters. The molecule has 2 aromatic heterocycles. The summed E-state index contributed by atoms with van der Waals surface area (Å²) >= 11 is 0. The summed E-state index contributed by atoms with van der Waals surface area (Å²) in [5, 5.41) is 6.91. The monoisotopic (exact) mass is 308 g/mol. The Morgan fingerprint density at radius 3 is 2.61 bits per heavy atom. The summed E-state index contributed by atoms with van der Waals surface area (Å²) in [4.78, 5) is 16.7. The second-order valence-electron chi connectivity index (χ2n) is 4.87. The van der Waals surface area contributed by atoms with Crippen molar-refractivity contribution in [3.05, 3.63) is 72.7 Å². The molecule has 6 heteroatoms. The Balaban J connectivity index is 1.72. The van der Waals surface area contributed by atoms with Crippen LogP contribution >= 0.6 is 0 Å². The van der Waals surface area contributed by atoms with E-state index in [1.165, 1.54) is 7.11 Å². The van der Waals surface area contributed by atoms with Gasteiger partial charge in [-0.1, -0.05) is 30.3 Å². The first-order valence-electron chi connectivity index (χ1n) is 7.12. The summed E-state index contributed by atoms with van der Waals surface area (Å²) < 4.78 is 6.95. The first kappa shape index (κ1) is 14.9. The Bertz CT molecular complexity index is 755. The van der Waals surface area contributed by atoms with E-state index in [-0.39, 0.29) is 5.91 Å². The maximum atomic E-state index is 12.4. The average Bonchev–Trinajstić information content (AvgIpc) is 3.12. The van der Waals surface area contributed by atoms with E-state index < -0.39 is 6.10 Å². The van der Waals surface area contributed by atoms with Crippen LogP contribution in [0.25, 0.3) is 5.82 Å². The van der Waals surface area contributed by atoms with Crippen molar-refractivity contribution in [2.75, 3.05) is 12.4 Å². The summed E-state index contributed by atoms with van der Waals surface area (Å²) in [5.74, 6) is 0.437. The van der Waals surface area contributed by atoms with Gasteiger partial charge in [-0.2, -0.15) is 5.10 Å². The van der Waals surface area contributed by atoms with Gasteiger partial charge in [0, 0.05) is 19.5 Å². The number of benzene rings is 1. The molecule has 1 amide bonds. The molecule has 0 saturated heterocycles. The number of hydrogen-bond acceptors (Lipinski definition) is 4. The molecule has 1 aromatic carbocycles. The molecule has 3 rings (SSSR count). The number of carbonyl (C=O) groups is 1. The van der Waals surface area contributed by atoms with Gasteiger partial charge >= 0.3 is 0 Å². The molecule has 0 bridgehead atoms. The molecule has 0 spiro atoms. The Morgan fingerprint density at radius 1 is 1.17 bits per heavy atom. The highest BCUT2D eigenvalue weighted by Crippen LogP contribution is 2.19. The minimum atomic E-state index is -0.665. The number of hydrogen-bond donors (Lipinski definition) is 1. The minimum absolute atomic E-state index is 0.243. The maximum absolute atomic E-state index is 12.4. The molecule has 0 saturated carbocycles. The van der Waals surface area contributed by atoms with Gasteiger partial charge < -0.3 is 10.1 Å². The normalized spacial score (nSPS) is 11.9. The fourth-order valence-corrected chi connectivity index (χ4v) is 2.23. The van der Waals surface area contributed by atoms with Crippen LogP contribution < -0.4 is 5.32 Å². The number of rotatable bonds is 5. The van der Waals surface area contributed by atoms with E-state index in [1.807, 2.05) is 36.4 Å². The number of pyridine rings is 1. The van der Waals surface area contributed by atoms with Gasteiger partial charge in [-0.05, 0) is 23.8 Å². The van der Waals surface area contributed by atoms with Crippen molar-refractivity contribution in [1.29, 1.82) is 0 Å². The fraction of sp³-hybridized carbons (Fsp3) is 0.118. The van der Waals surface area contributed by atoms with E-state index in [1.54, 1.807) is 35.4 Å². The molecule has 1 atom stereocenters. The van der Waals surface area contributed by atoms with Crippen molar-refractivity contribution >= 4 is 11.6 Å². The number of anilines is 1. The van der Waals surface area contributed by atoms with Gasteiger partial charge in [0.1, 0.15) is 0 Å². The van der Waals surface area contributed by atoms with Crippen molar-refractivity contribution in [1.82, 2.24) is 14.8 Å². The highest BCUT2D eigenvalue weighted by atomic mass is 16.5. The van der Waals surface area contributed by atoms with E-state index in [9.17, 15) is 4.79 Å². The quantitative estimate of drug-likeness (QED) is 0.786. The Morgan fingerprint density at radius 2 is 2.00 bits per heavy atom. The van der Waals surface area contributed by atoms with Crippen LogP contribution in [0.15, 0.2) is 67.1 Å². The lowest BCUT2D eigenvalue weighted by Crippen LogP contribution is -2.22. The van der Waals surface area contributed by atoms with Gasteiger partial charge in [0.2, 0.25) is 0 Å². The summed E-state index contributed by atoms with van der Waals surface area (Å²) in [7, 11) is 1.51. The zero-order valence-corrected chi connectivity index (χ0v) is 12.6. The first-order valence-corrected chi connectivity index (χ1v) is 7.12. The van der Waals surface area contributed by atoms with Gasteiger partial charge in [0.05, 0.1) is 11.9 Å². The SMILES string of the molecule is CO[C@H](C(=O)Nc1ccc(-n2cccn2)nc1)c1ccccc1. The predicted octanol–water partition coefficient (Wildman–Crippen LogP) is 2.59. The van der Waals surface area contributed by atoms with E-state index in [2.05, 4.69) is 15.4 Å². The number of methoxy groups -OCH3 is 1. The highest BCUT2D eigenvalue weighted by Gasteiger charge is 2.19. The fourth-order valence-electron chi connectivity index (χ4n) is 2.23. The van der Waals surface area contributed by atoms with Gasteiger partial charge in [-0.25, -0.2) is 9.67 Å². The van der Waals surface area contributed by atoms with Gasteiger partial charge in [-0.15, -0.1) is 0 Å². The smallest absolute Gasteiger partial charge is 0.258 e. The first-order chi connectivity index (χ1) is 11.3. The summed E-state index contributed by atoms with van der Waals surface area (Å²) in [6, 6.07) is 14.7. The van der Waals surface area contributed by atoms with Crippen LogP contribution in [0, 0.1) is 0 Å². The van der Waals surface area contributed by atoms with Crippen molar-refractivity contribution in [2.24, 2.45) is 0 Å². The molecule has 116 valence electrons. The van der Waals surface area contributed by atoms with Gasteiger partial charge in [0.25, 0.3) is 5.91 Å². The Kier molecular flexibility index (Phi) is 4.44. The molecule has 3 aromatic rings. The minimum Gasteiger partial charge on any atom is -0.367 e. The number of nitrogens with one attached hydrogen (secondary N) is 1. The molecule has 1 N–H and O–H groups in total. The number of amides is 1. The third kappa shape index (κ3) is 3.44. The van der Waals surface area contributed by atoms with Crippen molar-refractivity contribution < 1.29 is 9.53 Å². The van der Waals surface area contributed by atoms with Gasteiger partial charge in [0.15, 0.2) is 11.9 Å². The third-order valence-corrected chi connectivity index (χ3v) is 3.33. The zero-order chi connectivity index (χ0) is 16.1. The number of ether oxygens (including phenoxy) is 1. The van der Waals surface area contributed by atoms with Crippen LogP contribution in [0.5, 0.6) is 0 Å². The van der Waals surface area contributed by atoms with Crippen LogP contribution in [0.2, 0.25) is 0 Å². The lowest BCUT2D eigenvalue weighted by Gasteiger charge is -2.15. The molecule has 2 heterocycles. The number of carbonyl (C=O) groups excluding carboxylic acids is 1. The van der Waals surface area contributed by atoms with Crippen LogP contribution in [0.4, 0.5) is 5.69 Å². The summed E-state index contributed by atoms with van der Waals surface area (Å²) in [6.45, 7) is 0. The van der Waals surface area contributed by atoms with Crippen LogP contribution in [0.3, 0.4) is 0 Å². The van der Waals surface area contributed by atoms with Crippen molar-refractivity contribution in [3.63, 3.8) is 0 Å². The van der Waals surface area contributed by atoms with Gasteiger partial charge in [-0.3, -0.25) is 4.79 Å². The summed E-state index contributed by atoms with van der Waals surface area (Å²) in [6.07, 6.45) is 4.41. The Hall–Kier alpha value is -2.99. The zero-order valence-electron chi connectivity index (χ0n) is 12.6. The molecular weight excluding hydrogens is 292 g/mol. The standard InChI is InChI=1S/C17H16N4O2/c1-23-16(13-6-3-2-4-7-13)17(22)20-14-8-9-15(18-12-14)21-11-5-10-19-21/h2-12,16H,1H3,(H,20,22)/t16-/m0/s1. The largest absolute Gasteiger partial charge is 0.367 e. The lowest BCUT2D eigenvalue weighted by atomic mass is 10.1. The number of aromatic nitrogens is 3. The van der Waals surface area contributed by atoms with Crippen molar-refractivity contribution in [2.45, 2.75) is 6.10 Å². The molecule has 0 radical (unpaired) electrons. The molecule has 0 aliphatic carbocycles. The average molecular weight is 308 g/mol. The topological polar surface area (TPSA) is 69.0 Å². The second-order valence-corrected chi connectivity index (χ2v) is 4.87. The molecule has 0 fully saturated rings. The van der Waals surface area contributed by atoms with E-state index >= 15 is 0 Å². The predicted molar refractivity (Wildman–Crippen MR) is 86.2 cm³/mol. The lowest BCUT2D eigenvalue weighted by molar-refractivity contribution is -0.126. The van der Waals surface area contributed by atoms with E-state index in [0.717, 1.165) is 5.56 Å². The van der Waals surface area contributed by atoms with Crippen molar-refractivity contribution in [3.8, 4) is 5.82 Å². The maximum Gasteiger partial charge on any atom is 0.258 e. The molecule has 0 aliphatic rings. The second kappa shape index (κ2) is 6.85. The third-order valence-electron chi connectivity index (χ3n) is 3.33. The van der Waals surface area contributed by atoms with E-state index in [0.29, 0.717) is 11.5 Å². The number of nitrogens with zero attached hydrogens (tertiary/aromatic N) is 3. The van der Waals surface area contributed by atoms with Crippen LogP contribution in [0.1, 0.15) is 11.7 Å². The van der Waals surface area contributed by atoms with E-state index in [4.69, 9.17) is 4.74 Å². The molecule has 23 heavy (non-hydrogen) atoms. The van der Waals surface area contributed by atoms with Crippen LogP contribution in [-0.2, 0) is 9.53 Å². The highest BCUT2D eigenvalue weighted by molar-refractivity contribution is 5.94. The molecule has 0 aliphatic heterocycles. The summed E-state index contributed by atoms with van der Waals surface area (Å²) in [5.41, 5.74) is 1.40.